The molecule has 9 heteroatoms. The van der Waals surface area contributed by atoms with Crippen molar-refractivity contribution >= 4 is 33.5 Å². The summed E-state index contributed by atoms with van der Waals surface area (Å²) in [6.07, 6.45) is 0.954. The van der Waals surface area contributed by atoms with Gasteiger partial charge in [0.15, 0.2) is 11.5 Å². The minimum atomic E-state index is 0.357. The summed E-state index contributed by atoms with van der Waals surface area (Å²) in [5, 5.41) is 15.7. The first-order chi connectivity index (χ1) is 14.1. The van der Waals surface area contributed by atoms with Crippen molar-refractivity contribution in [2.45, 2.75) is 40.0 Å². The summed E-state index contributed by atoms with van der Waals surface area (Å²) in [6.45, 7) is 6.21. The van der Waals surface area contributed by atoms with Gasteiger partial charge in [0.1, 0.15) is 6.61 Å². The van der Waals surface area contributed by atoms with Crippen LogP contribution in [-0.2, 0) is 19.7 Å². The molecule has 0 fully saturated rings. The van der Waals surface area contributed by atoms with Crippen molar-refractivity contribution in [3.8, 4) is 11.5 Å². The zero-order valence-corrected chi connectivity index (χ0v) is 18.7. The average molecular weight is 481 g/mol. The van der Waals surface area contributed by atoms with E-state index in [-0.39, 0.29) is 0 Å². The van der Waals surface area contributed by atoms with E-state index in [2.05, 4.69) is 43.7 Å². The quantitative estimate of drug-likeness (QED) is 0.436. The Balaban J connectivity index is 1.75. The molecular weight excluding hydrogens is 458 g/mol. The van der Waals surface area contributed by atoms with Gasteiger partial charge in [-0.2, -0.15) is 0 Å². The number of rotatable bonds is 10. The molecule has 29 heavy (non-hydrogen) atoms. The standard InChI is InChI=1S/C20H23BrClN5O2/c1-3-9-27-20(24-25-26-27)23-12-15-10-18(28-4-2)19(11-16(15)21)29-13-14-7-5-6-8-17(14)22/h5-8,10-11H,3-4,9,12-13H2,1-2H3,(H,23,24,26). The lowest BCUT2D eigenvalue weighted by molar-refractivity contribution is 0.269. The Kier molecular flexibility index (Phi) is 7.71. The summed E-state index contributed by atoms with van der Waals surface area (Å²) in [5.41, 5.74) is 1.92. The summed E-state index contributed by atoms with van der Waals surface area (Å²) in [6, 6.07) is 11.5. The first kappa shape index (κ1) is 21.4. The van der Waals surface area contributed by atoms with Gasteiger partial charge in [0.25, 0.3) is 0 Å². The number of anilines is 1. The van der Waals surface area contributed by atoms with Gasteiger partial charge in [-0.05, 0) is 47.5 Å². The Labute approximate surface area is 183 Å². The molecule has 0 saturated heterocycles. The number of ether oxygens (including phenoxy) is 2. The molecule has 0 saturated carbocycles. The van der Waals surface area contributed by atoms with Crippen LogP contribution < -0.4 is 14.8 Å². The van der Waals surface area contributed by atoms with Crippen molar-refractivity contribution in [1.29, 1.82) is 0 Å². The minimum absolute atomic E-state index is 0.357. The third-order valence-corrected chi connectivity index (χ3v) is 5.26. The van der Waals surface area contributed by atoms with Gasteiger partial charge >= 0.3 is 0 Å². The van der Waals surface area contributed by atoms with Crippen LogP contribution in [0.25, 0.3) is 0 Å². The molecular formula is C20H23BrClN5O2. The molecule has 3 aromatic rings. The molecule has 2 aromatic carbocycles. The first-order valence-electron chi connectivity index (χ1n) is 9.43. The lowest BCUT2D eigenvalue weighted by atomic mass is 10.2. The maximum Gasteiger partial charge on any atom is 0.243 e. The fourth-order valence-corrected chi connectivity index (χ4v) is 3.39. The highest BCUT2D eigenvalue weighted by molar-refractivity contribution is 9.10. The maximum absolute atomic E-state index is 6.23. The highest BCUT2D eigenvalue weighted by Gasteiger charge is 2.13. The van der Waals surface area contributed by atoms with E-state index in [1.54, 1.807) is 4.68 Å². The number of aryl methyl sites for hydroxylation is 1. The second kappa shape index (κ2) is 10.5. The van der Waals surface area contributed by atoms with Crippen molar-refractivity contribution in [2.24, 2.45) is 0 Å². The number of nitrogens with one attached hydrogen (secondary N) is 1. The highest BCUT2D eigenvalue weighted by Crippen LogP contribution is 2.35. The normalized spacial score (nSPS) is 10.8. The fraction of sp³-hybridized carbons (Fsp3) is 0.350. The molecule has 3 rings (SSSR count). The van der Waals surface area contributed by atoms with Gasteiger partial charge in [-0.1, -0.05) is 57.8 Å². The number of hydrogen-bond donors (Lipinski definition) is 1. The zero-order chi connectivity index (χ0) is 20.6. The average Bonchev–Trinajstić information content (AvgIpc) is 3.15. The summed E-state index contributed by atoms with van der Waals surface area (Å²) >= 11 is 9.85. The van der Waals surface area contributed by atoms with Crippen molar-refractivity contribution in [2.75, 3.05) is 11.9 Å². The van der Waals surface area contributed by atoms with E-state index in [0.717, 1.165) is 28.6 Å². The van der Waals surface area contributed by atoms with Crippen molar-refractivity contribution in [3.05, 3.63) is 57.0 Å². The second-order valence-corrected chi connectivity index (χ2v) is 7.54. The topological polar surface area (TPSA) is 74.1 Å². The molecule has 0 aliphatic carbocycles. The predicted molar refractivity (Wildman–Crippen MR) is 117 cm³/mol. The van der Waals surface area contributed by atoms with Crippen molar-refractivity contribution in [3.63, 3.8) is 0 Å². The monoisotopic (exact) mass is 479 g/mol. The first-order valence-corrected chi connectivity index (χ1v) is 10.6. The molecule has 0 aliphatic rings. The number of tetrazole rings is 1. The molecule has 0 amide bonds. The van der Waals surface area contributed by atoms with E-state index < -0.39 is 0 Å². The summed E-state index contributed by atoms with van der Waals surface area (Å²) in [5.74, 6) is 1.96. The number of benzene rings is 2. The molecule has 1 aromatic heterocycles. The van der Waals surface area contributed by atoms with Crippen LogP contribution in [-0.4, -0.2) is 26.8 Å². The van der Waals surface area contributed by atoms with Crippen LogP contribution in [0, 0.1) is 0 Å². The van der Waals surface area contributed by atoms with Gasteiger partial charge in [-0.25, -0.2) is 4.68 Å². The lowest BCUT2D eigenvalue weighted by Gasteiger charge is -2.16. The third-order valence-electron chi connectivity index (χ3n) is 4.16. The van der Waals surface area contributed by atoms with E-state index in [4.69, 9.17) is 21.1 Å². The highest BCUT2D eigenvalue weighted by atomic mass is 79.9. The van der Waals surface area contributed by atoms with Crippen LogP contribution in [0.15, 0.2) is 40.9 Å². The van der Waals surface area contributed by atoms with E-state index in [9.17, 15) is 0 Å². The van der Waals surface area contributed by atoms with E-state index in [0.29, 0.717) is 42.2 Å². The van der Waals surface area contributed by atoms with Gasteiger partial charge in [0.05, 0.1) is 6.61 Å². The van der Waals surface area contributed by atoms with Gasteiger partial charge in [0.2, 0.25) is 5.95 Å². The Bertz CT molecular complexity index is 950. The lowest BCUT2D eigenvalue weighted by Crippen LogP contribution is -2.09. The van der Waals surface area contributed by atoms with Crippen molar-refractivity contribution < 1.29 is 9.47 Å². The molecule has 0 atom stereocenters. The van der Waals surface area contributed by atoms with Gasteiger partial charge in [0, 0.05) is 28.1 Å². The molecule has 0 radical (unpaired) electrons. The molecule has 1 heterocycles. The van der Waals surface area contributed by atoms with Gasteiger partial charge < -0.3 is 14.8 Å². The van der Waals surface area contributed by atoms with E-state index in [1.165, 1.54) is 0 Å². The molecule has 7 nitrogen and oxygen atoms in total. The third kappa shape index (κ3) is 5.61. The Hall–Kier alpha value is -2.32. The minimum Gasteiger partial charge on any atom is -0.490 e. The fourth-order valence-electron chi connectivity index (χ4n) is 2.73. The summed E-state index contributed by atoms with van der Waals surface area (Å²) < 4.78 is 14.4. The van der Waals surface area contributed by atoms with Crippen LogP contribution in [0.5, 0.6) is 11.5 Å². The number of aromatic nitrogens is 4. The van der Waals surface area contributed by atoms with E-state index >= 15 is 0 Å². The number of halogens is 2. The van der Waals surface area contributed by atoms with Crippen LogP contribution in [0.1, 0.15) is 31.4 Å². The number of nitrogens with zero attached hydrogens (tertiary/aromatic N) is 4. The second-order valence-electron chi connectivity index (χ2n) is 6.28. The Morgan fingerprint density at radius 2 is 1.90 bits per heavy atom. The van der Waals surface area contributed by atoms with E-state index in [1.807, 2.05) is 43.3 Å². The van der Waals surface area contributed by atoms with Gasteiger partial charge in [-0.3, -0.25) is 0 Å². The van der Waals surface area contributed by atoms with Crippen LogP contribution >= 0.6 is 27.5 Å². The molecule has 1 N–H and O–H groups in total. The SMILES string of the molecule is CCCn1nnnc1NCc1cc(OCC)c(OCc2ccccc2Cl)cc1Br. The van der Waals surface area contributed by atoms with Crippen LogP contribution in [0.2, 0.25) is 5.02 Å². The Morgan fingerprint density at radius 1 is 1.10 bits per heavy atom. The molecule has 0 bridgehead atoms. The predicted octanol–water partition coefficient (Wildman–Crippen LogP) is 5.09. The molecule has 154 valence electrons. The molecule has 0 unspecified atom stereocenters. The van der Waals surface area contributed by atoms with Crippen molar-refractivity contribution in [1.82, 2.24) is 20.2 Å². The Morgan fingerprint density at radius 3 is 2.66 bits per heavy atom. The maximum atomic E-state index is 6.23. The summed E-state index contributed by atoms with van der Waals surface area (Å²) in [4.78, 5) is 0. The number of hydrogen-bond acceptors (Lipinski definition) is 6. The largest absolute Gasteiger partial charge is 0.490 e. The zero-order valence-electron chi connectivity index (χ0n) is 16.4. The summed E-state index contributed by atoms with van der Waals surface area (Å²) in [7, 11) is 0. The van der Waals surface area contributed by atoms with Crippen LogP contribution in [0.3, 0.4) is 0 Å². The smallest absolute Gasteiger partial charge is 0.243 e. The van der Waals surface area contributed by atoms with Gasteiger partial charge in [-0.15, -0.1) is 0 Å². The van der Waals surface area contributed by atoms with Crippen LogP contribution in [0.4, 0.5) is 5.95 Å². The molecule has 0 spiro atoms. The molecule has 0 aliphatic heterocycles.